The molecule has 0 unspecified atom stereocenters. The van der Waals surface area contributed by atoms with Gasteiger partial charge in [0.05, 0.1) is 12.7 Å². The molecule has 2 heteroatoms. The van der Waals surface area contributed by atoms with Crippen molar-refractivity contribution in [2.75, 3.05) is 6.61 Å². The lowest BCUT2D eigenvalue weighted by atomic mass is 9.89. The number of rotatable bonds is 3. The van der Waals surface area contributed by atoms with Crippen LogP contribution < -0.4 is 4.74 Å². The standard InChI is InChI=1S/C17H24O2/c18-17-8-4-7-14-9-10-15(11-16(14)17)19-12-13-5-2-1-3-6-13/h9-11,13,17-18H,1-8,12H2/t17-/m1/s1. The minimum atomic E-state index is -0.290. The highest BCUT2D eigenvalue weighted by Crippen LogP contribution is 2.32. The van der Waals surface area contributed by atoms with E-state index in [2.05, 4.69) is 18.2 Å². The Kier molecular flexibility index (Phi) is 4.07. The molecule has 1 aromatic rings. The van der Waals surface area contributed by atoms with Crippen molar-refractivity contribution in [1.82, 2.24) is 0 Å². The molecule has 1 atom stereocenters. The van der Waals surface area contributed by atoms with E-state index in [-0.39, 0.29) is 6.10 Å². The van der Waals surface area contributed by atoms with E-state index in [1.54, 1.807) is 0 Å². The Labute approximate surface area is 115 Å². The van der Waals surface area contributed by atoms with Gasteiger partial charge in [-0.05, 0) is 61.3 Å². The molecule has 0 aliphatic heterocycles. The van der Waals surface area contributed by atoms with Gasteiger partial charge in [0.25, 0.3) is 0 Å². The van der Waals surface area contributed by atoms with Crippen LogP contribution in [0, 0.1) is 5.92 Å². The molecule has 2 aliphatic carbocycles. The lowest BCUT2D eigenvalue weighted by molar-refractivity contribution is 0.155. The van der Waals surface area contributed by atoms with Crippen molar-refractivity contribution in [1.29, 1.82) is 0 Å². The fraction of sp³-hybridized carbons (Fsp3) is 0.647. The van der Waals surface area contributed by atoms with Crippen molar-refractivity contribution in [3.8, 4) is 5.75 Å². The maximum absolute atomic E-state index is 10.0. The fourth-order valence-electron chi connectivity index (χ4n) is 3.41. The quantitative estimate of drug-likeness (QED) is 0.889. The van der Waals surface area contributed by atoms with Gasteiger partial charge in [0.1, 0.15) is 5.75 Å². The van der Waals surface area contributed by atoms with E-state index in [0.717, 1.165) is 43.1 Å². The van der Waals surface area contributed by atoms with E-state index in [9.17, 15) is 5.11 Å². The molecule has 3 rings (SSSR count). The molecule has 2 aliphatic rings. The maximum atomic E-state index is 10.0. The lowest BCUT2D eigenvalue weighted by Crippen LogP contribution is -2.16. The van der Waals surface area contributed by atoms with Gasteiger partial charge in [0, 0.05) is 0 Å². The topological polar surface area (TPSA) is 29.5 Å². The van der Waals surface area contributed by atoms with E-state index in [0.29, 0.717) is 0 Å². The molecular weight excluding hydrogens is 236 g/mol. The van der Waals surface area contributed by atoms with Crippen molar-refractivity contribution < 1.29 is 9.84 Å². The number of aryl methyl sites for hydroxylation is 1. The lowest BCUT2D eigenvalue weighted by Gasteiger charge is -2.24. The summed E-state index contributed by atoms with van der Waals surface area (Å²) >= 11 is 0. The smallest absolute Gasteiger partial charge is 0.119 e. The molecule has 0 spiro atoms. The Bertz CT molecular complexity index is 421. The molecule has 0 heterocycles. The third-order valence-corrected chi connectivity index (χ3v) is 4.61. The highest BCUT2D eigenvalue weighted by molar-refractivity contribution is 5.38. The first-order valence-corrected chi connectivity index (χ1v) is 7.76. The Morgan fingerprint density at radius 1 is 1.05 bits per heavy atom. The molecule has 1 aromatic carbocycles. The van der Waals surface area contributed by atoms with Crippen molar-refractivity contribution in [3.05, 3.63) is 29.3 Å². The molecule has 1 fully saturated rings. The fourth-order valence-corrected chi connectivity index (χ4v) is 3.41. The molecule has 0 bridgehead atoms. The third-order valence-electron chi connectivity index (χ3n) is 4.61. The first-order valence-electron chi connectivity index (χ1n) is 7.76. The highest BCUT2D eigenvalue weighted by atomic mass is 16.5. The summed E-state index contributed by atoms with van der Waals surface area (Å²) in [5, 5.41) is 10.0. The first-order chi connectivity index (χ1) is 9.33. The zero-order valence-corrected chi connectivity index (χ0v) is 11.6. The van der Waals surface area contributed by atoms with Crippen LogP contribution in [0.3, 0.4) is 0 Å². The molecule has 1 N–H and O–H groups in total. The minimum Gasteiger partial charge on any atom is -0.493 e. The van der Waals surface area contributed by atoms with Crippen LogP contribution in [0.25, 0.3) is 0 Å². The summed E-state index contributed by atoms with van der Waals surface area (Å²) in [6.45, 7) is 0.842. The van der Waals surface area contributed by atoms with Crippen LogP contribution in [0.5, 0.6) is 5.75 Å². The van der Waals surface area contributed by atoms with Gasteiger partial charge in [0.2, 0.25) is 0 Å². The predicted octanol–water partition coefficient (Wildman–Crippen LogP) is 4.02. The van der Waals surface area contributed by atoms with Crippen LogP contribution >= 0.6 is 0 Å². The van der Waals surface area contributed by atoms with Gasteiger partial charge in [0.15, 0.2) is 0 Å². The van der Waals surface area contributed by atoms with Crippen molar-refractivity contribution in [2.45, 2.75) is 57.5 Å². The van der Waals surface area contributed by atoms with Gasteiger partial charge in [-0.25, -0.2) is 0 Å². The molecule has 19 heavy (non-hydrogen) atoms. The van der Waals surface area contributed by atoms with Gasteiger partial charge in [-0.3, -0.25) is 0 Å². The van der Waals surface area contributed by atoms with Gasteiger partial charge in [-0.1, -0.05) is 25.3 Å². The van der Waals surface area contributed by atoms with Crippen molar-refractivity contribution >= 4 is 0 Å². The van der Waals surface area contributed by atoms with Crippen LogP contribution in [0.1, 0.15) is 62.2 Å². The number of hydrogen-bond acceptors (Lipinski definition) is 2. The number of aliphatic hydroxyl groups excluding tert-OH is 1. The Hall–Kier alpha value is -1.02. The number of benzene rings is 1. The SMILES string of the molecule is O[C@@H]1CCCc2ccc(OCC3CCCCC3)cc21. The summed E-state index contributed by atoms with van der Waals surface area (Å²) in [5.74, 6) is 1.67. The number of hydrogen-bond donors (Lipinski definition) is 1. The van der Waals surface area contributed by atoms with Crippen LogP contribution in [0.15, 0.2) is 18.2 Å². The molecular formula is C17H24O2. The Morgan fingerprint density at radius 2 is 1.89 bits per heavy atom. The highest BCUT2D eigenvalue weighted by Gasteiger charge is 2.19. The van der Waals surface area contributed by atoms with Crippen LogP contribution in [0.2, 0.25) is 0 Å². The van der Waals surface area contributed by atoms with E-state index in [1.165, 1.54) is 37.7 Å². The number of aliphatic hydroxyl groups is 1. The first kappa shape index (κ1) is 13.0. The second-order valence-electron chi connectivity index (χ2n) is 6.08. The summed E-state index contributed by atoms with van der Waals surface area (Å²) < 4.78 is 5.95. The average Bonchev–Trinajstić information content (AvgIpc) is 2.47. The molecule has 0 amide bonds. The average molecular weight is 260 g/mol. The predicted molar refractivity (Wildman–Crippen MR) is 76.4 cm³/mol. The zero-order chi connectivity index (χ0) is 13.1. The minimum absolute atomic E-state index is 0.290. The molecule has 104 valence electrons. The summed E-state index contributed by atoms with van der Waals surface area (Å²) in [6, 6.07) is 6.26. The monoisotopic (exact) mass is 260 g/mol. The largest absolute Gasteiger partial charge is 0.493 e. The van der Waals surface area contributed by atoms with Gasteiger partial charge in [-0.2, -0.15) is 0 Å². The van der Waals surface area contributed by atoms with Gasteiger partial charge < -0.3 is 9.84 Å². The molecule has 0 radical (unpaired) electrons. The van der Waals surface area contributed by atoms with Crippen LogP contribution in [-0.4, -0.2) is 11.7 Å². The summed E-state index contributed by atoms with van der Waals surface area (Å²) in [5.41, 5.74) is 2.39. The normalized spacial score (nSPS) is 23.9. The zero-order valence-electron chi connectivity index (χ0n) is 11.6. The second-order valence-corrected chi connectivity index (χ2v) is 6.08. The second kappa shape index (κ2) is 5.96. The van der Waals surface area contributed by atoms with Crippen LogP contribution in [0.4, 0.5) is 0 Å². The molecule has 1 saturated carbocycles. The maximum Gasteiger partial charge on any atom is 0.119 e. The van der Waals surface area contributed by atoms with E-state index in [4.69, 9.17) is 4.74 Å². The van der Waals surface area contributed by atoms with Gasteiger partial charge >= 0.3 is 0 Å². The van der Waals surface area contributed by atoms with Crippen molar-refractivity contribution in [3.63, 3.8) is 0 Å². The van der Waals surface area contributed by atoms with Crippen molar-refractivity contribution in [2.24, 2.45) is 5.92 Å². The third kappa shape index (κ3) is 3.11. The summed E-state index contributed by atoms with van der Waals surface area (Å²) in [6.07, 6.45) is 9.52. The Morgan fingerprint density at radius 3 is 2.74 bits per heavy atom. The summed E-state index contributed by atoms with van der Waals surface area (Å²) in [7, 11) is 0. The van der Waals surface area contributed by atoms with E-state index in [1.807, 2.05) is 0 Å². The number of ether oxygens (including phenoxy) is 1. The summed E-state index contributed by atoms with van der Waals surface area (Å²) in [4.78, 5) is 0. The van der Waals surface area contributed by atoms with Gasteiger partial charge in [-0.15, -0.1) is 0 Å². The van der Waals surface area contributed by atoms with E-state index < -0.39 is 0 Å². The molecule has 0 aromatic heterocycles. The molecule has 2 nitrogen and oxygen atoms in total. The van der Waals surface area contributed by atoms with Crippen LogP contribution in [-0.2, 0) is 6.42 Å². The number of fused-ring (bicyclic) bond motifs is 1. The van der Waals surface area contributed by atoms with E-state index >= 15 is 0 Å². The molecule has 0 saturated heterocycles. The Balaban J connectivity index is 1.63.